The van der Waals surface area contributed by atoms with E-state index in [0.29, 0.717) is 30.8 Å². The number of nitrogens with zero attached hydrogens (tertiary/aromatic N) is 3. The van der Waals surface area contributed by atoms with E-state index in [-0.39, 0.29) is 5.91 Å². The van der Waals surface area contributed by atoms with Crippen molar-refractivity contribution in [2.45, 2.75) is 31.7 Å². The highest BCUT2D eigenvalue weighted by Crippen LogP contribution is 2.27. The van der Waals surface area contributed by atoms with Gasteiger partial charge in [0.25, 0.3) is 5.91 Å². The Hall–Kier alpha value is -2.67. The molecule has 7 heteroatoms. The third-order valence-electron chi connectivity index (χ3n) is 5.11. The van der Waals surface area contributed by atoms with Crippen LogP contribution in [0.25, 0.3) is 0 Å². The molecular formula is C20H25N5O2. The first-order valence-corrected chi connectivity index (χ1v) is 9.61. The molecule has 27 heavy (non-hydrogen) atoms. The quantitative estimate of drug-likeness (QED) is 0.846. The standard InChI is InChI=1S/C20H25N5O2/c26-20(17-13-19(22-14-21-17)23-15-5-1-2-6-15)24-16-7-3-4-8-18(16)25-9-11-27-12-10-25/h3-4,7-8,13-15H,1-2,5-6,9-12H2,(H,24,26)(H,21,22,23). The van der Waals surface area contributed by atoms with Gasteiger partial charge in [0.1, 0.15) is 17.8 Å². The Bertz CT molecular complexity index is 785. The number of aromatic nitrogens is 2. The van der Waals surface area contributed by atoms with Crippen LogP contribution in [0.2, 0.25) is 0 Å². The Morgan fingerprint density at radius 3 is 2.70 bits per heavy atom. The van der Waals surface area contributed by atoms with Crippen LogP contribution >= 0.6 is 0 Å². The molecule has 0 bridgehead atoms. The zero-order chi connectivity index (χ0) is 18.5. The number of carbonyl (C=O) groups excluding carboxylic acids is 1. The first-order chi connectivity index (χ1) is 13.3. The fraction of sp³-hybridized carbons (Fsp3) is 0.450. The molecule has 2 fully saturated rings. The number of morpholine rings is 1. The molecule has 2 N–H and O–H groups in total. The van der Waals surface area contributed by atoms with Gasteiger partial charge in [-0.15, -0.1) is 0 Å². The zero-order valence-electron chi connectivity index (χ0n) is 15.4. The van der Waals surface area contributed by atoms with Crippen LogP contribution in [0.1, 0.15) is 36.2 Å². The largest absolute Gasteiger partial charge is 0.378 e. The van der Waals surface area contributed by atoms with Gasteiger partial charge in [-0.1, -0.05) is 25.0 Å². The van der Waals surface area contributed by atoms with Crippen LogP contribution in [0.15, 0.2) is 36.7 Å². The summed E-state index contributed by atoms with van der Waals surface area (Å²) in [6.07, 6.45) is 6.24. The van der Waals surface area contributed by atoms with Crippen LogP contribution in [-0.2, 0) is 4.74 Å². The Morgan fingerprint density at radius 2 is 1.89 bits per heavy atom. The van der Waals surface area contributed by atoms with Gasteiger partial charge in [0.15, 0.2) is 0 Å². The summed E-state index contributed by atoms with van der Waals surface area (Å²) >= 11 is 0. The number of hydrogen-bond donors (Lipinski definition) is 2. The second-order valence-electron chi connectivity index (χ2n) is 6.98. The van der Waals surface area contributed by atoms with E-state index in [1.165, 1.54) is 19.2 Å². The number of benzene rings is 1. The van der Waals surface area contributed by atoms with Gasteiger partial charge in [-0.25, -0.2) is 9.97 Å². The van der Waals surface area contributed by atoms with E-state index in [9.17, 15) is 4.79 Å². The minimum atomic E-state index is -0.229. The molecule has 1 saturated carbocycles. The van der Waals surface area contributed by atoms with Gasteiger partial charge in [-0.2, -0.15) is 0 Å². The number of para-hydroxylation sites is 2. The van der Waals surface area contributed by atoms with Crippen molar-refractivity contribution in [1.82, 2.24) is 9.97 Å². The van der Waals surface area contributed by atoms with Gasteiger partial charge >= 0.3 is 0 Å². The molecule has 0 radical (unpaired) electrons. The molecular weight excluding hydrogens is 342 g/mol. The Balaban J connectivity index is 1.47. The summed E-state index contributed by atoms with van der Waals surface area (Å²) in [5.74, 6) is 0.482. The van der Waals surface area contributed by atoms with Gasteiger partial charge in [0, 0.05) is 25.2 Å². The topological polar surface area (TPSA) is 79.4 Å². The van der Waals surface area contributed by atoms with Gasteiger partial charge in [-0.05, 0) is 25.0 Å². The number of hydrogen-bond acceptors (Lipinski definition) is 6. The van der Waals surface area contributed by atoms with E-state index in [2.05, 4.69) is 25.5 Å². The average molecular weight is 367 g/mol. The average Bonchev–Trinajstić information content (AvgIpc) is 3.22. The maximum absolute atomic E-state index is 12.8. The SMILES string of the molecule is O=C(Nc1ccccc1N1CCOCC1)c1cc(NC2CCCC2)ncn1. The third kappa shape index (κ3) is 4.36. The first-order valence-electron chi connectivity index (χ1n) is 9.61. The maximum atomic E-state index is 12.8. The molecule has 1 aliphatic carbocycles. The van der Waals surface area contributed by atoms with Gasteiger partial charge in [0.2, 0.25) is 0 Å². The number of ether oxygens (including phenoxy) is 1. The van der Waals surface area contributed by atoms with Crippen LogP contribution in [0, 0.1) is 0 Å². The predicted octanol–water partition coefficient (Wildman–Crippen LogP) is 2.92. The molecule has 2 aromatic rings. The van der Waals surface area contributed by atoms with Crippen molar-refractivity contribution in [3.63, 3.8) is 0 Å². The molecule has 4 rings (SSSR count). The second kappa shape index (κ2) is 8.35. The molecule has 142 valence electrons. The van der Waals surface area contributed by atoms with E-state index in [1.54, 1.807) is 6.07 Å². The lowest BCUT2D eigenvalue weighted by Gasteiger charge is -2.30. The Morgan fingerprint density at radius 1 is 1.11 bits per heavy atom. The fourth-order valence-corrected chi connectivity index (χ4v) is 3.69. The molecule has 7 nitrogen and oxygen atoms in total. The number of amides is 1. The molecule has 1 aromatic carbocycles. The van der Waals surface area contributed by atoms with Crippen molar-refractivity contribution in [3.8, 4) is 0 Å². The summed E-state index contributed by atoms with van der Waals surface area (Å²) in [6.45, 7) is 3.03. The van der Waals surface area contributed by atoms with E-state index in [1.807, 2.05) is 24.3 Å². The van der Waals surface area contributed by atoms with E-state index in [0.717, 1.165) is 37.3 Å². The molecule has 1 aliphatic heterocycles. The summed E-state index contributed by atoms with van der Waals surface area (Å²) in [7, 11) is 0. The predicted molar refractivity (Wildman–Crippen MR) is 105 cm³/mol. The molecule has 0 atom stereocenters. The molecule has 0 spiro atoms. The summed E-state index contributed by atoms with van der Waals surface area (Å²) in [5, 5.41) is 6.42. The molecule has 0 unspecified atom stereocenters. The van der Waals surface area contributed by atoms with E-state index in [4.69, 9.17) is 4.74 Å². The molecule has 1 aromatic heterocycles. The number of nitrogens with one attached hydrogen (secondary N) is 2. The molecule has 1 amide bonds. The smallest absolute Gasteiger partial charge is 0.274 e. The normalized spacial score (nSPS) is 17.7. The molecule has 1 saturated heterocycles. The summed E-state index contributed by atoms with van der Waals surface area (Å²) in [5.41, 5.74) is 2.16. The highest BCUT2D eigenvalue weighted by molar-refractivity contribution is 6.05. The van der Waals surface area contributed by atoms with E-state index < -0.39 is 0 Å². The number of anilines is 3. The number of carbonyl (C=O) groups is 1. The van der Waals surface area contributed by atoms with Crippen molar-refractivity contribution in [2.75, 3.05) is 41.8 Å². The first kappa shape index (κ1) is 17.7. The summed E-state index contributed by atoms with van der Waals surface area (Å²) in [4.78, 5) is 23.4. The van der Waals surface area contributed by atoms with Gasteiger partial charge in [0.05, 0.1) is 24.6 Å². The lowest BCUT2D eigenvalue weighted by atomic mass is 10.2. The fourth-order valence-electron chi connectivity index (χ4n) is 3.69. The van der Waals surface area contributed by atoms with Crippen LogP contribution in [0.3, 0.4) is 0 Å². The minimum absolute atomic E-state index is 0.229. The van der Waals surface area contributed by atoms with Crippen molar-refractivity contribution in [3.05, 3.63) is 42.4 Å². The Kier molecular flexibility index (Phi) is 5.48. The second-order valence-corrected chi connectivity index (χ2v) is 6.98. The van der Waals surface area contributed by atoms with Crippen LogP contribution < -0.4 is 15.5 Å². The maximum Gasteiger partial charge on any atom is 0.274 e. The van der Waals surface area contributed by atoms with E-state index >= 15 is 0 Å². The monoisotopic (exact) mass is 367 g/mol. The van der Waals surface area contributed by atoms with Crippen molar-refractivity contribution >= 4 is 23.1 Å². The summed E-state index contributed by atoms with van der Waals surface area (Å²) < 4.78 is 5.43. The van der Waals surface area contributed by atoms with Crippen LogP contribution in [0.4, 0.5) is 17.2 Å². The van der Waals surface area contributed by atoms with Gasteiger partial charge < -0.3 is 20.3 Å². The summed E-state index contributed by atoms with van der Waals surface area (Å²) in [6, 6.07) is 10.0. The van der Waals surface area contributed by atoms with Crippen molar-refractivity contribution in [2.24, 2.45) is 0 Å². The zero-order valence-corrected chi connectivity index (χ0v) is 15.4. The van der Waals surface area contributed by atoms with Gasteiger partial charge in [-0.3, -0.25) is 4.79 Å². The van der Waals surface area contributed by atoms with Crippen molar-refractivity contribution < 1.29 is 9.53 Å². The highest BCUT2D eigenvalue weighted by atomic mass is 16.5. The lowest BCUT2D eigenvalue weighted by molar-refractivity contribution is 0.102. The number of rotatable bonds is 5. The van der Waals surface area contributed by atoms with Crippen LogP contribution in [0.5, 0.6) is 0 Å². The minimum Gasteiger partial charge on any atom is -0.378 e. The molecule has 2 heterocycles. The third-order valence-corrected chi connectivity index (χ3v) is 5.11. The Labute approximate surface area is 159 Å². The van der Waals surface area contributed by atoms with Crippen LogP contribution in [-0.4, -0.2) is 48.2 Å². The highest BCUT2D eigenvalue weighted by Gasteiger charge is 2.18. The van der Waals surface area contributed by atoms with Crippen molar-refractivity contribution in [1.29, 1.82) is 0 Å². The molecule has 2 aliphatic rings. The lowest BCUT2D eigenvalue weighted by Crippen LogP contribution is -2.36.